The highest BCUT2D eigenvalue weighted by atomic mass is 79.9. The van der Waals surface area contributed by atoms with E-state index in [0.29, 0.717) is 0 Å². The number of thioether (sulfide) groups is 1. The fraction of sp³-hybridized carbons (Fsp3) is 0.167. The van der Waals surface area contributed by atoms with E-state index < -0.39 is 0 Å². The van der Waals surface area contributed by atoms with Crippen molar-refractivity contribution in [2.75, 3.05) is 6.26 Å². The van der Waals surface area contributed by atoms with Crippen LogP contribution in [0.25, 0.3) is 0 Å². The van der Waals surface area contributed by atoms with Crippen molar-refractivity contribution in [2.45, 2.75) is 10.9 Å². The lowest BCUT2D eigenvalue weighted by Crippen LogP contribution is -2.09. The molecule has 2 rings (SSSR count). The Hall–Kier alpha value is -0.000000000000000111. The summed E-state index contributed by atoms with van der Waals surface area (Å²) in [6, 6.07) is 10.1. The Balaban J connectivity index is 2.26. The Morgan fingerprint density at radius 2 is 2.00 bits per heavy atom. The molecular weight excluding hydrogens is 338 g/mol. The summed E-state index contributed by atoms with van der Waals surface area (Å²) in [5, 5.41) is 0.723. The van der Waals surface area contributed by atoms with Gasteiger partial charge in [0.25, 0.3) is 0 Å². The van der Waals surface area contributed by atoms with Crippen molar-refractivity contribution < 1.29 is 0 Å². The Labute approximate surface area is 122 Å². The molecule has 0 aliphatic heterocycles. The van der Waals surface area contributed by atoms with Crippen LogP contribution >= 0.6 is 50.6 Å². The Bertz CT molecular complexity index is 490. The molecule has 0 spiro atoms. The fourth-order valence-corrected chi connectivity index (χ4v) is 3.68. The lowest BCUT2D eigenvalue weighted by atomic mass is 10.1. The predicted molar refractivity (Wildman–Crippen MR) is 81.3 cm³/mol. The van der Waals surface area contributed by atoms with Crippen molar-refractivity contribution >= 4 is 50.6 Å². The highest BCUT2D eigenvalue weighted by Crippen LogP contribution is 2.36. The minimum Gasteiger partial charge on any atom is -0.320 e. The number of rotatable bonds is 3. The standard InChI is InChI=1S/C12H11BrClNS2/c1-16-8-4-2-7(3-5-8)11(15)10-6-9(14)12(13)17-10/h2-6,11H,15H2,1H3. The molecule has 0 saturated carbocycles. The quantitative estimate of drug-likeness (QED) is 0.796. The van der Waals surface area contributed by atoms with Gasteiger partial charge >= 0.3 is 0 Å². The molecular formula is C12H11BrClNS2. The van der Waals surface area contributed by atoms with Gasteiger partial charge in [0.1, 0.15) is 0 Å². The van der Waals surface area contributed by atoms with E-state index in [1.807, 2.05) is 6.07 Å². The molecule has 0 bridgehead atoms. The maximum Gasteiger partial charge on any atom is 0.0888 e. The molecule has 0 fully saturated rings. The van der Waals surface area contributed by atoms with Crippen molar-refractivity contribution in [3.05, 3.63) is 49.6 Å². The van der Waals surface area contributed by atoms with Crippen LogP contribution in [-0.4, -0.2) is 6.26 Å². The molecule has 1 heterocycles. The first-order chi connectivity index (χ1) is 8.11. The number of nitrogens with two attached hydrogens (primary N) is 1. The second-order valence-corrected chi connectivity index (χ2v) is 7.21. The zero-order valence-corrected chi connectivity index (χ0v) is 13.1. The second kappa shape index (κ2) is 5.76. The van der Waals surface area contributed by atoms with E-state index in [9.17, 15) is 0 Å². The van der Waals surface area contributed by atoms with Gasteiger partial charge in [0.2, 0.25) is 0 Å². The van der Waals surface area contributed by atoms with E-state index in [0.717, 1.165) is 19.2 Å². The minimum absolute atomic E-state index is 0.111. The van der Waals surface area contributed by atoms with Crippen LogP contribution in [0.5, 0.6) is 0 Å². The van der Waals surface area contributed by atoms with E-state index in [-0.39, 0.29) is 6.04 Å². The summed E-state index contributed by atoms with van der Waals surface area (Å²) < 4.78 is 0.936. The summed E-state index contributed by atoms with van der Waals surface area (Å²) >= 11 is 12.7. The number of halogens is 2. The molecule has 0 saturated heterocycles. The van der Waals surface area contributed by atoms with Crippen molar-refractivity contribution in [1.82, 2.24) is 0 Å². The van der Waals surface area contributed by atoms with Gasteiger partial charge < -0.3 is 5.73 Å². The van der Waals surface area contributed by atoms with Crippen molar-refractivity contribution in [1.29, 1.82) is 0 Å². The highest BCUT2D eigenvalue weighted by molar-refractivity contribution is 9.11. The summed E-state index contributed by atoms with van der Waals surface area (Å²) in [6.07, 6.45) is 2.06. The number of hydrogen-bond donors (Lipinski definition) is 1. The molecule has 2 N–H and O–H groups in total. The van der Waals surface area contributed by atoms with Gasteiger partial charge in [-0.1, -0.05) is 23.7 Å². The molecule has 90 valence electrons. The second-order valence-electron chi connectivity index (χ2n) is 3.52. The monoisotopic (exact) mass is 347 g/mol. The van der Waals surface area contributed by atoms with E-state index in [2.05, 4.69) is 46.5 Å². The molecule has 1 aromatic carbocycles. The summed E-state index contributed by atoms with van der Waals surface area (Å²) in [4.78, 5) is 2.31. The molecule has 0 amide bonds. The van der Waals surface area contributed by atoms with Crippen molar-refractivity contribution in [3.63, 3.8) is 0 Å². The predicted octanol–water partition coefficient (Wildman–Crippen LogP) is 4.93. The van der Waals surface area contributed by atoms with Crippen molar-refractivity contribution in [2.24, 2.45) is 5.73 Å². The van der Waals surface area contributed by atoms with Gasteiger partial charge in [0, 0.05) is 9.77 Å². The number of thiophene rings is 1. The van der Waals surface area contributed by atoms with Gasteiger partial charge in [-0.25, -0.2) is 0 Å². The third-order valence-corrected chi connectivity index (χ3v) is 5.75. The number of benzene rings is 1. The molecule has 5 heteroatoms. The van der Waals surface area contributed by atoms with Crippen LogP contribution in [0.2, 0.25) is 5.02 Å². The van der Waals surface area contributed by atoms with Gasteiger partial charge in [-0.2, -0.15) is 0 Å². The van der Waals surface area contributed by atoms with E-state index in [1.54, 1.807) is 23.1 Å². The Kier molecular flexibility index (Phi) is 4.55. The Morgan fingerprint density at radius 1 is 1.35 bits per heavy atom. The normalized spacial score (nSPS) is 12.7. The first-order valence-corrected chi connectivity index (χ1v) is 8.17. The highest BCUT2D eigenvalue weighted by Gasteiger charge is 2.13. The largest absolute Gasteiger partial charge is 0.320 e. The first-order valence-electron chi connectivity index (χ1n) is 4.96. The van der Waals surface area contributed by atoms with Gasteiger partial charge in [0.05, 0.1) is 14.9 Å². The summed E-state index contributed by atoms with van der Waals surface area (Å²) in [5.74, 6) is 0. The fourth-order valence-electron chi connectivity index (χ4n) is 1.49. The van der Waals surface area contributed by atoms with E-state index >= 15 is 0 Å². The zero-order chi connectivity index (χ0) is 12.4. The molecule has 0 aliphatic carbocycles. The molecule has 1 nitrogen and oxygen atoms in total. The van der Waals surface area contributed by atoms with E-state index in [4.69, 9.17) is 17.3 Å². The molecule has 0 aliphatic rings. The number of hydrogen-bond acceptors (Lipinski definition) is 3. The van der Waals surface area contributed by atoms with Crippen LogP contribution in [0.4, 0.5) is 0 Å². The van der Waals surface area contributed by atoms with Gasteiger partial charge in [-0.15, -0.1) is 23.1 Å². The topological polar surface area (TPSA) is 26.0 Å². The third kappa shape index (κ3) is 3.06. The Morgan fingerprint density at radius 3 is 2.47 bits per heavy atom. The molecule has 17 heavy (non-hydrogen) atoms. The molecule has 1 unspecified atom stereocenters. The smallest absolute Gasteiger partial charge is 0.0888 e. The van der Waals surface area contributed by atoms with Crippen LogP contribution < -0.4 is 5.73 Å². The van der Waals surface area contributed by atoms with Crippen LogP contribution in [0.3, 0.4) is 0 Å². The van der Waals surface area contributed by atoms with Gasteiger partial charge in [0.15, 0.2) is 0 Å². The SMILES string of the molecule is CSc1ccc(C(N)c2cc(Cl)c(Br)s2)cc1. The average Bonchev–Trinajstić information content (AvgIpc) is 2.69. The van der Waals surface area contributed by atoms with Gasteiger partial charge in [-0.3, -0.25) is 0 Å². The summed E-state index contributed by atoms with van der Waals surface area (Å²) in [5.41, 5.74) is 7.32. The zero-order valence-electron chi connectivity index (χ0n) is 9.11. The maximum atomic E-state index is 6.21. The summed E-state index contributed by atoms with van der Waals surface area (Å²) in [7, 11) is 0. The molecule has 1 atom stereocenters. The first kappa shape index (κ1) is 13.4. The van der Waals surface area contributed by atoms with Gasteiger partial charge in [-0.05, 0) is 45.9 Å². The average molecular weight is 349 g/mol. The maximum absolute atomic E-state index is 6.21. The van der Waals surface area contributed by atoms with Crippen LogP contribution in [0, 0.1) is 0 Å². The van der Waals surface area contributed by atoms with Crippen molar-refractivity contribution in [3.8, 4) is 0 Å². The van der Waals surface area contributed by atoms with E-state index in [1.165, 1.54) is 4.90 Å². The van der Waals surface area contributed by atoms with Crippen LogP contribution in [0.1, 0.15) is 16.5 Å². The molecule has 2 aromatic rings. The lowest BCUT2D eigenvalue weighted by Gasteiger charge is -2.10. The minimum atomic E-state index is -0.111. The molecule has 0 radical (unpaired) electrons. The molecule has 1 aromatic heterocycles. The lowest BCUT2D eigenvalue weighted by molar-refractivity contribution is 0.891. The van der Waals surface area contributed by atoms with Crippen LogP contribution in [-0.2, 0) is 0 Å². The summed E-state index contributed by atoms with van der Waals surface area (Å²) in [6.45, 7) is 0. The van der Waals surface area contributed by atoms with Crippen LogP contribution in [0.15, 0.2) is 39.0 Å². The third-order valence-electron chi connectivity index (χ3n) is 2.45.